The van der Waals surface area contributed by atoms with E-state index in [4.69, 9.17) is 17.0 Å². The Morgan fingerprint density at radius 1 is 0.829 bits per heavy atom. The zero-order valence-corrected chi connectivity index (χ0v) is 20.6. The molecule has 35 heavy (non-hydrogen) atoms. The summed E-state index contributed by atoms with van der Waals surface area (Å²) in [5.74, 6) is 0. The molecule has 0 saturated heterocycles. The molecule has 6 heteroatoms. The minimum Gasteiger partial charge on any atom is -0.343 e. The Morgan fingerprint density at radius 2 is 1.49 bits per heavy atom. The molecule has 0 spiro atoms. The molecule has 4 aromatic carbocycles. The van der Waals surface area contributed by atoms with Crippen molar-refractivity contribution in [2.24, 2.45) is 5.73 Å². The highest BCUT2D eigenvalue weighted by Crippen LogP contribution is 2.35. The van der Waals surface area contributed by atoms with Crippen LogP contribution in [0.2, 0.25) is 5.02 Å². The molecule has 0 aliphatic heterocycles. The van der Waals surface area contributed by atoms with Gasteiger partial charge in [0.1, 0.15) is 6.29 Å². The van der Waals surface area contributed by atoms with Gasteiger partial charge in [0.05, 0.1) is 24.3 Å². The molecule has 0 heterocycles. The van der Waals surface area contributed by atoms with Crippen LogP contribution >= 0.6 is 11.6 Å². The molecule has 0 atom stereocenters. The molecule has 4 aromatic rings. The average molecular weight is 485 g/mol. The summed E-state index contributed by atoms with van der Waals surface area (Å²) in [7, 11) is 3.51. The van der Waals surface area contributed by atoms with Gasteiger partial charge in [0.25, 0.3) is 0 Å². The van der Waals surface area contributed by atoms with E-state index in [0.717, 1.165) is 40.0 Å². The van der Waals surface area contributed by atoms with E-state index < -0.39 is 0 Å². The Balaban J connectivity index is 0.00000167. The fourth-order valence-electron chi connectivity index (χ4n) is 3.81. The number of carbonyl (C=O) groups is 1. The van der Waals surface area contributed by atoms with Crippen LogP contribution in [0.25, 0.3) is 11.1 Å². The van der Waals surface area contributed by atoms with E-state index in [0.29, 0.717) is 17.1 Å². The lowest BCUT2D eigenvalue weighted by molar-refractivity contribution is 0.112. The molecule has 178 valence electrons. The Bertz CT molecular complexity index is 1270. The van der Waals surface area contributed by atoms with Crippen LogP contribution < -0.4 is 15.5 Å². The van der Waals surface area contributed by atoms with Gasteiger partial charge in [0.2, 0.25) is 0 Å². The van der Waals surface area contributed by atoms with E-state index in [1.54, 1.807) is 6.07 Å². The minimum atomic E-state index is 0.500. The van der Waals surface area contributed by atoms with Crippen molar-refractivity contribution in [1.29, 1.82) is 5.41 Å². The Hall–Kier alpha value is -3.93. The van der Waals surface area contributed by atoms with Crippen molar-refractivity contribution < 1.29 is 4.79 Å². The van der Waals surface area contributed by atoms with Crippen LogP contribution in [0.5, 0.6) is 0 Å². The number of carbonyl (C=O) groups excluding carboxylic acids is 1. The second-order valence-corrected chi connectivity index (χ2v) is 8.09. The van der Waals surface area contributed by atoms with Crippen LogP contribution in [0.1, 0.15) is 15.9 Å². The molecule has 0 bridgehead atoms. The molecular formula is C29H29ClN4O. The van der Waals surface area contributed by atoms with E-state index in [-0.39, 0.29) is 0 Å². The number of benzene rings is 4. The fraction of sp³-hybridized carbons (Fsp3) is 0.103. The Morgan fingerprint density at radius 3 is 2.14 bits per heavy atom. The number of nitrogens with zero attached hydrogens (tertiary/aromatic N) is 2. The summed E-state index contributed by atoms with van der Waals surface area (Å²) >= 11 is 6.36. The summed E-state index contributed by atoms with van der Waals surface area (Å²) in [4.78, 5) is 15.1. The highest BCUT2D eigenvalue weighted by Gasteiger charge is 2.15. The summed E-state index contributed by atoms with van der Waals surface area (Å²) < 4.78 is 0. The number of nitrogens with two attached hydrogens (primary N) is 1. The maximum atomic E-state index is 11.1. The minimum absolute atomic E-state index is 0.500. The average Bonchev–Trinajstić information content (AvgIpc) is 2.93. The number of anilines is 3. The summed E-state index contributed by atoms with van der Waals surface area (Å²) in [6, 6.07) is 31.5. The highest BCUT2D eigenvalue weighted by atomic mass is 35.5. The summed E-state index contributed by atoms with van der Waals surface area (Å²) in [5.41, 5.74) is 11.1. The number of rotatable bonds is 8. The van der Waals surface area contributed by atoms with Gasteiger partial charge in [-0.2, -0.15) is 0 Å². The normalized spacial score (nSPS) is 10.1. The highest BCUT2D eigenvalue weighted by molar-refractivity contribution is 6.31. The molecule has 0 aliphatic rings. The number of nitrogens with one attached hydrogen (secondary N) is 1. The fourth-order valence-corrected chi connectivity index (χ4v) is 4.00. The topological polar surface area (TPSA) is 73.4 Å². The van der Waals surface area contributed by atoms with E-state index in [9.17, 15) is 4.79 Å². The van der Waals surface area contributed by atoms with E-state index in [2.05, 4.69) is 34.9 Å². The number of hydrogen-bond donors (Lipinski definition) is 2. The Labute approximate surface area is 211 Å². The molecule has 4 rings (SSSR count). The van der Waals surface area contributed by atoms with Crippen molar-refractivity contribution in [3.8, 4) is 11.1 Å². The molecule has 3 N–H and O–H groups in total. The van der Waals surface area contributed by atoms with Crippen molar-refractivity contribution in [2.75, 3.05) is 23.9 Å². The van der Waals surface area contributed by atoms with Gasteiger partial charge in [-0.25, -0.2) is 0 Å². The molecule has 0 unspecified atom stereocenters. The van der Waals surface area contributed by atoms with Crippen molar-refractivity contribution >= 4 is 41.3 Å². The summed E-state index contributed by atoms with van der Waals surface area (Å²) in [6.07, 6.45) is 2.19. The molecule has 0 saturated carbocycles. The lowest BCUT2D eigenvalue weighted by Gasteiger charge is -2.28. The van der Waals surface area contributed by atoms with Gasteiger partial charge in [0.15, 0.2) is 0 Å². The largest absolute Gasteiger partial charge is 0.343 e. The van der Waals surface area contributed by atoms with Crippen LogP contribution in [-0.4, -0.2) is 26.7 Å². The first-order valence-corrected chi connectivity index (χ1v) is 11.6. The number of para-hydroxylation sites is 2. The molecule has 0 aromatic heterocycles. The zero-order valence-electron chi connectivity index (χ0n) is 19.9. The summed E-state index contributed by atoms with van der Waals surface area (Å²) in [6.45, 7) is 0.500. The second-order valence-electron chi connectivity index (χ2n) is 7.69. The van der Waals surface area contributed by atoms with Gasteiger partial charge < -0.3 is 15.5 Å². The number of halogens is 1. The van der Waals surface area contributed by atoms with Gasteiger partial charge in [0, 0.05) is 23.3 Å². The smallest absolute Gasteiger partial charge is 0.150 e. The van der Waals surface area contributed by atoms with Gasteiger partial charge >= 0.3 is 0 Å². The molecule has 0 aliphatic carbocycles. The predicted octanol–water partition coefficient (Wildman–Crippen LogP) is 6.78. The van der Waals surface area contributed by atoms with E-state index in [1.807, 2.05) is 78.7 Å². The van der Waals surface area contributed by atoms with Crippen LogP contribution in [0.4, 0.5) is 17.1 Å². The van der Waals surface area contributed by atoms with Crippen molar-refractivity contribution in [3.05, 3.63) is 113 Å². The lowest BCUT2D eigenvalue weighted by atomic mass is 10.0. The first kappa shape index (κ1) is 25.7. The first-order valence-electron chi connectivity index (χ1n) is 11.2. The molecule has 0 fully saturated rings. The molecule has 0 amide bonds. The van der Waals surface area contributed by atoms with E-state index in [1.165, 1.54) is 13.4 Å². The second kappa shape index (κ2) is 12.5. The zero-order chi connectivity index (χ0) is 25.2. The SMILES string of the molecule is CN.CN(c1ccc(-c2cccc(C=O)c2)cc1)c1ccccc1N(C=N)Cc1ccccc1Cl. The standard InChI is InChI=1S/C28H24ClN3O.CH5N/c1-31(25-15-13-22(14-16-25)23-9-6-7-21(17-23)19-33)27-11-4-5-12-28(27)32(20-30)18-24-8-2-3-10-26(24)29;1-2/h2-17,19-20,30H,18H2,1H3;2H2,1H3. The molecular weight excluding hydrogens is 456 g/mol. The predicted molar refractivity (Wildman–Crippen MR) is 148 cm³/mol. The van der Waals surface area contributed by atoms with Gasteiger partial charge in [-0.1, -0.05) is 72.3 Å². The van der Waals surface area contributed by atoms with Gasteiger partial charge in [-0.05, 0) is 60.1 Å². The van der Waals surface area contributed by atoms with Crippen molar-refractivity contribution in [1.82, 2.24) is 0 Å². The van der Waals surface area contributed by atoms with Crippen molar-refractivity contribution in [3.63, 3.8) is 0 Å². The van der Waals surface area contributed by atoms with Crippen LogP contribution in [0.15, 0.2) is 97.1 Å². The molecule has 0 radical (unpaired) electrons. The maximum absolute atomic E-state index is 11.1. The third-order valence-electron chi connectivity index (χ3n) is 5.62. The number of hydrogen-bond acceptors (Lipinski definition) is 4. The first-order chi connectivity index (χ1) is 17.1. The third kappa shape index (κ3) is 6.15. The van der Waals surface area contributed by atoms with Crippen LogP contribution in [0, 0.1) is 5.41 Å². The van der Waals surface area contributed by atoms with Crippen LogP contribution in [-0.2, 0) is 6.54 Å². The van der Waals surface area contributed by atoms with E-state index >= 15 is 0 Å². The maximum Gasteiger partial charge on any atom is 0.150 e. The van der Waals surface area contributed by atoms with Gasteiger partial charge in [-0.3, -0.25) is 10.2 Å². The quantitative estimate of drug-likeness (QED) is 0.164. The Kier molecular flexibility index (Phi) is 9.18. The van der Waals surface area contributed by atoms with Gasteiger partial charge in [-0.15, -0.1) is 0 Å². The number of aldehydes is 1. The monoisotopic (exact) mass is 484 g/mol. The summed E-state index contributed by atoms with van der Waals surface area (Å²) in [5, 5.41) is 8.72. The van der Waals surface area contributed by atoms with Crippen LogP contribution in [0.3, 0.4) is 0 Å². The third-order valence-corrected chi connectivity index (χ3v) is 5.99. The van der Waals surface area contributed by atoms with Crippen molar-refractivity contribution in [2.45, 2.75) is 6.54 Å². The lowest BCUT2D eigenvalue weighted by Crippen LogP contribution is -2.23. The molecule has 5 nitrogen and oxygen atoms in total.